The van der Waals surface area contributed by atoms with Crippen LogP contribution in [0.4, 0.5) is 0 Å². The predicted molar refractivity (Wildman–Crippen MR) is 79.8 cm³/mol. The van der Waals surface area contributed by atoms with Crippen LogP contribution in [0.15, 0.2) is 30.6 Å². The van der Waals surface area contributed by atoms with Gasteiger partial charge in [-0.05, 0) is 25.0 Å². The van der Waals surface area contributed by atoms with Gasteiger partial charge in [0.1, 0.15) is 0 Å². The zero-order chi connectivity index (χ0) is 14.7. The zero-order valence-corrected chi connectivity index (χ0v) is 11.8. The van der Waals surface area contributed by atoms with E-state index in [-0.39, 0.29) is 11.9 Å². The van der Waals surface area contributed by atoms with Gasteiger partial charge in [0.2, 0.25) is 5.91 Å². The third-order valence-corrected chi connectivity index (χ3v) is 3.83. The minimum atomic E-state index is -0.405. The van der Waals surface area contributed by atoms with E-state index < -0.39 is 6.10 Å². The second kappa shape index (κ2) is 6.24. The predicted octanol–water partition coefficient (Wildman–Crippen LogP) is 0.265. The molecule has 0 saturated carbocycles. The third-order valence-electron chi connectivity index (χ3n) is 3.83. The Bertz CT molecular complexity index is 625. The lowest BCUT2D eigenvalue weighted by Crippen LogP contribution is -2.40. The van der Waals surface area contributed by atoms with Crippen molar-refractivity contribution in [3.8, 4) is 0 Å². The van der Waals surface area contributed by atoms with Crippen molar-refractivity contribution >= 4 is 16.9 Å². The fourth-order valence-corrected chi connectivity index (χ4v) is 2.69. The van der Waals surface area contributed by atoms with Crippen molar-refractivity contribution in [1.29, 1.82) is 0 Å². The maximum atomic E-state index is 11.9. The summed E-state index contributed by atoms with van der Waals surface area (Å²) in [6.45, 7) is 1.94. The molecule has 1 aliphatic rings. The third kappa shape index (κ3) is 3.22. The van der Waals surface area contributed by atoms with Crippen LogP contribution < -0.4 is 10.6 Å². The number of aromatic nitrogens is 2. The van der Waals surface area contributed by atoms with E-state index in [1.165, 1.54) is 0 Å². The molecule has 0 unspecified atom stereocenters. The summed E-state index contributed by atoms with van der Waals surface area (Å²) in [4.78, 5) is 16.2. The summed E-state index contributed by atoms with van der Waals surface area (Å²) in [5.41, 5.74) is 2.11. The van der Waals surface area contributed by atoms with Gasteiger partial charge < -0.3 is 20.3 Å². The van der Waals surface area contributed by atoms with Crippen LogP contribution in [-0.2, 0) is 11.3 Å². The van der Waals surface area contributed by atoms with Crippen molar-refractivity contribution in [2.75, 3.05) is 13.1 Å². The largest absolute Gasteiger partial charge is 0.392 e. The number of fused-ring (bicyclic) bond motifs is 1. The number of aryl methyl sites for hydroxylation is 1. The Morgan fingerprint density at radius 1 is 1.48 bits per heavy atom. The number of carbonyl (C=O) groups excluding carboxylic acids is 1. The minimum absolute atomic E-state index is 0.0259. The Labute approximate surface area is 123 Å². The molecule has 112 valence electrons. The monoisotopic (exact) mass is 288 g/mol. The van der Waals surface area contributed by atoms with Gasteiger partial charge >= 0.3 is 0 Å². The Morgan fingerprint density at radius 3 is 3.14 bits per heavy atom. The van der Waals surface area contributed by atoms with Gasteiger partial charge in [-0.3, -0.25) is 4.79 Å². The molecule has 6 heteroatoms. The first kappa shape index (κ1) is 14.0. The topological polar surface area (TPSA) is 79.2 Å². The van der Waals surface area contributed by atoms with Crippen LogP contribution in [0.2, 0.25) is 0 Å². The average molecular weight is 288 g/mol. The molecule has 2 heterocycles. The lowest BCUT2D eigenvalue weighted by molar-refractivity contribution is -0.122. The Morgan fingerprint density at radius 2 is 2.33 bits per heavy atom. The number of nitrogens with zero attached hydrogens (tertiary/aromatic N) is 2. The highest BCUT2D eigenvalue weighted by Crippen LogP contribution is 2.12. The normalized spacial score (nSPS) is 21.8. The number of nitrogens with one attached hydrogen (secondary N) is 2. The van der Waals surface area contributed by atoms with E-state index in [9.17, 15) is 9.90 Å². The molecule has 1 aromatic carbocycles. The van der Waals surface area contributed by atoms with Crippen molar-refractivity contribution in [1.82, 2.24) is 20.2 Å². The first-order valence-corrected chi connectivity index (χ1v) is 7.33. The summed E-state index contributed by atoms with van der Waals surface area (Å²) in [5.74, 6) is -0.0259. The Hall–Kier alpha value is -1.92. The minimum Gasteiger partial charge on any atom is -0.392 e. The molecular formula is C15H20N4O2. The molecule has 1 aliphatic heterocycles. The first-order chi connectivity index (χ1) is 10.2. The molecule has 0 aliphatic carbocycles. The van der Waals surface area contributed by atoms with Crippen LogP contribution in [0.25, 0.3) is 11.0 Å². The summed E-state index contributed by atoms with van der Waals surface area (Å²) < 4.78 is 2.10. The fraction of sp³-hybridized carbons (Fsp3) is 0.467. The van der Waals surface area contributed by atoms with Crippen LogP contribution in [0.5, 0.6) is 0 Å². The lowest BCUT2D eigenvalue weighted by Gasteiger charge is -2.11. The highest BCUT2D eigenvalue weighted by atomic mass is 16.3. The van der Waals surface area contributed by atoms with Gasteiger partial charge in [0.25, 0.3) is 0 Å². The molecule has 0 radical (unpaired) electrons. The number of carbonyl (C=O) groups is 1. The average Bonchev–Trinajstić information content (AvgIpc) is 3.10. The first-order valence-electron chi connectivity index (χ1n) is 7.33. The molecule has 3 rings (SSSR count). The summed E-state index contributed by atoms with van der Waals surface area (Å²) in [6, 6.07) is 7.76. The lowest BCUT2D eigenvalue weighted by atomic mass is 10.2. The van der Waals surface area contributed by atoms with Crippen LogP contribution in [-0.4, -0.2) is 45.8 Å². The second-order valence-electron chi connectivity index (χ2n) is 5.42. The van der Waals surface area contributed by atoms with Crippen molar-refractivity contribution in [3.05, 3.63) is 30.6 Å². The highest BCUT2D eigenvalue weighted by molar-refractivity contribution is 5.82. The van der Waals surface area contributed by atoms with E-state index in [2.05, 4.69) is 20.2 Å². The van der Waals surface area contributed by atoms with Gasteiger partial charge in [0.15, 0.2) is 0 Å². The summed E-state index contributed by atoms with van der Waals surface area (Å²) >= 11 is 0. The van der Waals surface area contributed by atoms with Gasteiger partial charge in [-0.1, -0.05) is 12.1 Å². The molecule has 1 saturated heterocycles. The maximum absolute atomic E-state index is 11.9. The van der Waals surface area contributed by atoms with Crippen LogP contribution >= 0.6 is 0 Å². The van der Waals surface area contributed by atoms with Crippen molar-refractivity contribution in [3.63, 3.8) is 0 Å². The van der Waals surface area contributed by atoms with Gasteiger partial charge in [0, 0.05) is 19.6 Å². The van der Waals surface area contributed by atoms with Gasteiger partial charge in [-0.2, -0.15) is 0 Å². The number of rotatable bonds is 5. The second-order valence-corrected chi connectivity index (χ2v) is 5.42. The molecule has 21 heavy (non-hydrogen) atoms. The van der Waals surface area contributed by atoms with Crippen LogP contribution in [0.3, 0.4) is 0 Å². The number of benzene rings is 1. The highest BCUT2D eigenvalue weighted by Gasteiger charge is 2.27. The molecule has 1 fully saturated rings. The molecular weight excluding hydrogens is 268 g/mol. The van der Waals surface area contributed by atoms with E-state index >= 15 is 0 Å². The van der Waals surface area contributed by atoms with Crippen molar-refractivity contribution in [2.24, 2.45) is 0 Å². The SMILES string of the molecule is O=C(NCCCn1cnc2ccccc21)[C@@H]1C[C@@H](O)CN1. The zero-order valence-electron chi connectivity index (χ0n) is 11.8. The van der Waals surface area contributed by atoms with Crippen LogP contribution in [0.1, 0.15) is 12.8 Å². The molecule has 2 aromatic rings. The summed E-state index contributed by atoms with van der Waals surface area (Å²) in [6.07, 6.45) is 2.78. The summed E-state index contributed by atoms with van der Waals surface area (Å²) in [5, 5.41) is 15.3. The number of aliphatic hydroxyl groups excluding tert-OH is 1. The smallest absolute Gasteiger partial charge is 0.237 e. The number of aliphatic hydroxyl groups is 1. The van der Waals surface area contributed by atoms with Crippen molar-refractivity contribution in [2.45, 2.75) is 31.5 Å². The van der Waals surface area contributed by atoms with Gasteiger partial charge in [0.05, 0.1) is 29.5 Å². The number of amides is 1. The molecule has 2 atom stereocenters. The van der Waals surface area contributed by atoms with E-state index in [1.807, 2.05) is 30.6 Å². The number of hydrogen-bond donors (Lipinski definition) is 3. The standard InChI is InChI=1S/C15H20N4O2/c20-11-8-13(17-9-11)15(21)16-6-3-7-19-10-18-12-4-1-2-5-14(12)19/h1-2,4-5,10-11,13,17,20H,3,6-9H2,(H,16,21)/t11-,13+/m1/s1. The number of para-hydroxylation sites is 2. The maximum Gasteiger partial charge on any atom is 0.237 e. The number of imidazole rings is 1. The van der Waals surface area contributed by atoms with Gasteiger partial charge in [-0.15, -0.1) is 0 Å². The van der Waals surface area contributed by atoms with Crippen LogP contribution in [0, 0.1) is 0 Å². The molecule has 1 aromatic heterocycles. The fourth-order valence-electron chi connectivity index (χ4n) is 2.69. The van der Waals surface area contributed by atoms with E-state index in [0.717, 1.165) is 24.0 Å². The molecule has 0 spiro atoms. The van der Waals surface area contributed by atoms with E-state index in [0.29, 0.717) is 19.5 Å². The molecule has 1 amide bonds. The van der Waals surface area contributed by atoms with E-state index in [1.54, 1.807) is 0 Å². The quantitative estimate of drug-likeness (QED) is 0.690. The molecule has 0 bridgehead atoms. The van der Waals surface area contributed by atoms with E-state index in [4.69, 9.17) is 0 Å². The van der Waals surface area contributed by atoms with Crippen molar-refractivity contribution < 1.29 is 9.90 Å². The number of β-amino-alcohol motifs (C(OH)–C–C–N with tert-alkyl or cyclic N) is 1. The van der Waals surface area contributed by atoms with Gasteiger partial charge in [-0.25, -0.2) is 4.98 Å². The Kier molecular flexibility index (Phi) is 4.17. The number of hydrogen-bond acceptors (Lipinski definition) is 4. The summed E-state index contributed by atoms with van der Waals surface area (Å²) in [7, 11) is 0. The Balaban J connectivity index is 1.45. The molecule has 3 N–H and O–H groups in total. The molecule has 6 nitrogen and oxygen atoms in total.